The fraction of sp³-hybridized carbons (Fsp3) is 0.150. The zero-order chi connectivity index (χ0) is 20.3. The van der Waals surface area contributed by atoms with Crippen LogP contribution in [0.2, 0.25) is 0 Å². The van der Waals surface area contributed by atoms with Crippen molar-refractivity contribution in [2.24, 2.45) is 5.73 Å². The molecule has 0 bridgehead atoms. The Labute approximate surface area is 161 Å². The Morgan fingerprint density at radius 2 is 1.68 bits per heavy atom. The van der Waals surface area contributed by atoms with E-state index < -0.39 is 17.2 Å². The minimum atomic E-state index is -0.561. The Bertz CT molecular complexity index is 1100. The number of carbonyl (C=O) groups excluding carboxylic acids is 1. The number of amides is 1. The monoisotopic (exact) mass is 379 g/mol. The number of anilines is 2. The lowest BCUT2D eigenvalue weighted by atomic mass is 10.1. The third-order valence-electron chi connectivity index (χ3n) is 4.44. The van der Waals surface area contributed by atoms with Gasteiger partial charge in [-0.25, -0.2) is 4.79 Å². The predicted molar refractivity (Wildman–Crippen MR) is 108 cm³/mol. The number of carbonyl (C=O) groups is 1. The molecule has 8 heteroatoms. The lowest BCUT2D eigenvalue weighted by Gasteiger charge is -2.22. The molecule has 1 aromatic heterocycles. The van der Waals surface area contributed by atoms with Gasteiger partial charge in [-0.15, -0.1) is 0 Å². The van der Waals surface area contributed by atoms with Crippen LogP contribution in [0.5, 0.6) is 0 Å². The molecule has 0 fully saturated rings. The van der Waals surface area contributed by atoms with E-state index in [1.165, 1.54) is 4.57 Å². The van der Waals surface area contributed by atoms with E-state index in [1.807, 2.05) is 30.3 Å². The van der Waals surface area contributed by atoms with E-state index in [-0.39, 0.29) is 18.1 Å². The van der Waals surface area contributed by atoms with E-state index in [1.54, 1.807) is 36.2 Å². The van der Waals surface area contributed by atoms with Crippen molar-refractivity contribution in [3.05, 3.63) is 92.1 Å². The molecule has 0 aliphatic rings. The largest absolute Gasteiger partial charge is 0.383 e. The molecule has 3 aromatic rings. The number of hydrogen-bond donors (Lipinski definition) is 3. The van der Waals surface area contributed by atoms with Crippen LogP contribution in [-0.4, -0.2) is 22.5 Å². The summed E-state index contributed by atoms with van der Waals surface area (Å²) in [6.45, 7) is 0.603. The summed E-state index contributed by atoms with van der Waals surface area (Å²) in [6.07, 6.45) is 0. The molecule has 0 spiro atoms. The molecular formula is C20H21N5O3. The Hall–Kier alpha value is -3.81. The van der Waals surface area contributed by atoms with Gasteiger partial charge < -0.3 is 16.4 Å². The summed E-state index contributed by atoms with van der Waals surface area (Å²) < 4.78 is 1.33. The van der Waals surface area contributed by atoms with E-state index in [2.05, 4.69) is 4.98 Å². The van der Waals surface area contributed by atoms with Gasteiger partial charge in [-0.05, 0) is 23.3 Å². The summed E-state index contributed by atoms with van der Waals surface area (Å²) in [5, 5.41) is 0. The molecule has 1 heterocycles. The standard InChI is InChI=1S/C20H21N5O3/c1-24(11-14-7-9-15(10-8-14)18(22)26)16-17(21)25(20(28)23-19(16)27)12-13-5-3-2-4-6-13/h2-10H,11-12,21H2,1H3,(H2,22,26)(H,23,27,28). The van der Waals surface area contributed by atoms with Gasteiger partial charge in [-0.2, -0.15) is 0 Å². The van der Waals surface area contributed by atoms with Crippen molar-refractivity contribution in [1.29, 1.82) is 0 Å². The number of nitrogens with two attached hydrogens (primary N) is 2. The van der Waals surface area contributed by atoms with Crippen molar-refractivity contribution in [2.75, 3.05) is 17.7 Å². The van der Waals surface area contributed by atoms with Crippen LogP contribution >= 0.6 is 0 Å². The lowest BCUT2D eigenvalue weighted by Crippen LogP contribution is -2.37. The molecule has 1 amide bonds. The third-order valence-corrected chi connectivity index (χ3v) is 4.44. The molecule has 0 radical (unpaired) electrons. The minimum absolute atomic E-state index is 0.0915. The number of H-pyrrole nitrogens is 1. The summed E-state index contributed by atoms with van der Waals surface area (Å²) in [5.74, 6) is -0.414. The number of aromatic amines is 1. The fourth-order valence-corrected chi connectivity index (χ4v) is 3.00. The normalized spacial score (nSPS) is 10.6. The first-order valence-corrected chi connectivity index (χ1v) is 8.63. The summed E-state index contributed by atoms with van der Waals surface area (Å²) in [5.41, 5.74) is 12.7. The number of primary amides is 1. The first kappa shape index (κ1) is 19.0. The van der Waals surface area contributed by atoms with Gasteiger partial charge in [0.15, 0.2) is 0 Å². The van der Waals surface area contributed by atoms with Crippen molar-refractivity contribution < 1.29 is 4.79 Å². The fourth-order valence-electron chi connectivity index (χ4n) is 3.00. The zero-order valence-corrected chi connectivity index (χ0v) is 15.4. The van der Waals surface area contributed by atoms with Crippen molar-refractivity contribution in [2.45, 2.75) is 13.1 Å². The second kappa shape index (κ2) is 7.83. The second-order valence-electron chi connectivity index (χ2n) is 6.48. The Kier molecular flexibility index (Phi) is 5.30. The van der Waals surface area contributed by atoms with Crippen molar-refractivity contribution >= 4 is 17.4 Å². The van der Waals surface area contributed by atoms with E-state index in [4.69, 9.17) is 11.5 Å². The zero-order valence-electron chi connectivity index (χ0n) is 15.4. The van der Waals surface area contributed by atoms with Crippen LogP contribution in [0.25, 0.3) is 0 Å². The maximum Gasteiger partial charge on any atom is 0.330 e. The van der Waals surface area contributed by atoms with Gasteiger partial charge in [0, 0.05) is 19.2 Å². The number of rotatable bonds is 6. The Morgan fingerprint density at radius 1 is 1.04 bits per heavy atom. The number of nitrogen functional groups attached to an aromatic ring is 1. The summed E-state index contributed by atoms with van der Waals surface area (Å²) in [4.78, 5) is 39.8. The second-order valence-corrected chi connectivity index (χ2v) is 6.48. The SMILES string of the molecule is CN(Cc1ccc(C(N)=O)cc1)c1c(N)n(Cc2ccccc2)c(=O)[nH]c1=O. The van der Waals surface area contributed by atoms with Crippen LogP contribution in [0.15, 0.2) is 64.2 Å². The van der Waals surface area contributed by atoms with E-state index >= 15 is 0 Å². The maximum absolute atomic E-state index is 12.4. The molecule has 0 saturated carbocycles. The minimum Gasteiger partial charge on any atom is -0.383 e. The lowest BCUT2D eigenvalue weighted by molar-refractivity contribution is 0.100. The van der Waals surface area contributed by atoms with Gasteiger partial charge in [0.05, 0.1) is 6.54 Å². The number of nitrogens with zero attached hydrogens (tertiary/aromatic N) is 2. The molecule has 8 nitrogen and oxygen atoms in total. The topological polar surface area (TPSA) is 127 Å². The molecule has 0 saturated heterocycles. The highest BCUT2D eigenvalue weighted by Gasteiger charge is 2.17. The van der Waals surface area contributed by atoms with Crippen LogP contribution in [-0.2, 0) is 13.1 Å². The van der Waals surface area contributed by atoms with E-state index in [9.17, 15) is 14.4 Å². The average Bonchev–Trinajstić information content (AvgIpc) is 2.66. The van der Waals surface area contributed by atoms with Crippen LogP contribution in [0.3, 0.4) is 0 Å². The summed E-state index contributed by atoms with van der Waals surface area (Å²) >= 11 is 0. The predicted octanol–water partition coefficient (Wildman–Crippen LogP) is 0.902. The smallest absolute Gasteiger partial charge is 0.330 e. The molecular weight excluding hydrogens is 358 g/mol. The molecule has 2 aromatic carbocycles. The Morgan fingerprint density at radius 3 is 2.29 bits per heavy atom. The first-order chi connectivity index (χ1) is 13.4. The van der Waals surface area contributed by atoms with Crippen molar-refractivity contribution in [3.8, 4) is 0 Å². The molecule has 0 aliphatic heterocycles. The number of nitrogens with one attached hydrogen (secondary N) is 1. The Balaban J connectivity index is 1.92. The maximum atomic E-state index is 12.4. The third kappa shape index (κ3) is 3.96. The summed E-state index contributed by atoms with van der Waals surface area (Å²) in [6, 6.07) is 16.1. The first-order valence-electron chi connectivity index (χ1n) is 8.63. The quantitative estimate of drug-likeness (QED) is 0.586. The number of benzene rings is 2. The van der Waals surface area contributed by atoms with Crippen molar-refractivity contribution in [3.63, 3.8) is 0 Å². The highest BCUT2D eigenvalue weighted by Crippen LogP contribution is 2.18. The van der Waals surface area contributed by atoms with Gasteiger partial charge in [-0.3, -0.25) is 19.1 Å². The highest BCUT2D eigenvalue weighted by atomic mass is 16.2. The molecule has 0 aliphatic carbocycles. The number of aromatic nitrogens is 2. The van der Waals surface area contributed by atoms with Crippen molar-refractivity contribution in [1.82, 2.24) is 9.55 Å². The summed E-state index contributed by atoms with van der Waals surface area (Å²) in [7, 11) is 1.71. The van der Waals surface area contributed by atoms with Gasteiger partial charge in [0.2, 0.25) is 5.91 Å². The van der Waals surface area contributed by atoms with Crippen LogP contribution in [0.4, 0.5) is 11.5 Å². The van der Waals surface area contributed by atoms with E-state index in [0.29, 0.717) is 12.1 Å². The van der Waals surface area contributed by atoms with Gasteiger partial charge >= 0.3 is 5.69 Å². The van der Waals surface area contributed by atoms with Crippen LogP contribution < -0.4 is 27.6 Å². The van der Waals surface area contributed by atoms with Gasteiger partial charge in [-0.1, -0.05) is 42.5 Å². The molecule has 0 atom stereocenters. The molecule has 144 valence electrons. The molecule has 28 heavy (non-hydrogen) atoms. The molecule has 0 unspecified atom stereocenters. The van der Waals surface area contributed by atoms with Crippen LogP contribution in [0, 0.1) is 0 Å². The highest BCUT2D eigenvalue weighted by molar-refractivity contribution is 5.92. The van der Waals surface area contributed by atoms with E-state index in [0.717, 1.165) is 11.1 Å². The molecule has 3 rings (SSSR count). The van der Waals surface area contributed by atoms with Gasteiger partial charge in [0.25, 0.3) is 5.56 Å². The van der Waals surface area contributed by atoms with Crippen LogP contribution in [0.1, 0.15) is 21.5 Å². The average molecular weight is 379 g/mol. The molecule has 5 N–H and O–H groups in total. The number of hydrogen-bond acceptors (Lipinski definition) is 5. The van der Waals surface area contributed by atoms with Gasteiger partial charge in [0.1, 0.15) is 11.5 Å².